The lowest BCUT2D eigenvalue weighted by molar-refractivity contribution is -0.192. The number of ether oxygens (including phenoxy) is 1. The molecule has 1 atom stereocenters. The van der Waals surface area contributed by atoms with Gasteiger partial charge in [-0.25, -0.2) is 17.6 Å². The smallest absolute Gasteiger partial charge is 0.423 e. The lowest BCUT2D eigenvalue weighted by Crippen LogP contribution is -2.51. The molecule has 1 unspecified atom stereocenters. The summed E-state index contributed by atoms with van der Waals surface area (Å²) in [6.45, 7) is -0.661. The van der Waals surface area contributed by atoms with Crippen LogP contribution in [0.25, 0.3) is 11.1 Å². The maximum atomic E-state index is 14.5. The van der Waals surface area contributed by atoms with Crippen LogP contribution in [0.5, 0.6) is 5.75 Å². The Morgan fingerprint density at radius 1 is 1.18 bits per heavy atom. The number of nitrogens with two attached hydrogens (primary N) is 1. The van der Waals surface area contributed by atoms with Crippen LogP contribution in [-0.2, 0) is 4.79 Å². The predicted octanol–water partition coefficient (Wildman–Crippen LogP) is 2.94. The van der Waals surface area contributed by atoms with Gasteiger partial charge in [-0.1, -0.05) is 5.92 Å². The largest absolute Gasteiger partial charge is 0.483 e. The molecule has 0 bridgehead atoms. The molecule has 0 fully saturated rings. The topological polar surface area (TPSA) is 55.6 Å². The van der Waals surface area contributed by atoms with Crippen molar-refractivity contribution in [3.05, 3.63) is 35.4 Å². The number of fused-ring (bicyclic) bond motifs is 1. The first kappa shape index (κ1) is 19.8. The van der Waals surface area contributed by atoms with Gasteiger partial charge in [-0.15, -0.1) is 15.7 Å². The van der Waals surface area contributed by atoms with Crippen LogP contribution in [0.4, 0.5) is 37.7 Å². The first-order valence-electron chi connectivity index (χ1n) is 7.38. The molecule has 1 aliphatic heterocycles. The van der Waals surface area contributed by atoms with Crippen LogP contribution in [0.1, 0.15) is 0 Å². The number of terminal acetylenes is 1. The van der Waals surface area contributed by atoms with Crippen LogP contribution in [-0.4, -0.2) is 18.6 Å². The average Bonchev–Trinajstić information content (AvgIpc) is 2.63. The van der Waals surface area contributed by atoms with Gasteiger partial charge in [-0.05, 0) is 6.07 Å². The Morgan fingerprint density at radius 3 is 2.43 bits per heavy atom. The minimum atomic E-state index is -4.32. The van der Waals surface area contributed by atoms with Crippen molar-refractivity contribution in [3.8, 4) is 29.2 Å². The van der Waals surface area contributed by atoms with Crippen molar-refractivity contribution in [2.75, 3.05) is 17.2 Å². The van der Waals surface area contributed by atoms with E-state index >= 15 is 0 Å². The molecule has 0 spiro atoms. The SMILES string of the molecule is C#CCN1C(=O)C(F)(F)Oc2cc(F)c(-c3c(F)c(F)c(N)c(P)c3F)cc21. The van der Waals surface area contributed by atoms with E-state index in [1.807, 2.05) is 5.92 Å². The molecule has 0 aromatic heterocycles. The highest BCUT2D eigenvalue weighted by atomic mass is 31.0. The van der Waals surface area contributed by atoms with Crippen LogP contribution < -0.4 is 20.7 Å². The van der Waals surface area contributed by atoms with E-state index in [2.05, 4.69) is 4.74 Å². The Hall–Kier alpha value is -2.92. The van der Waals surface area contributed by atoms with Crippen molar-refractivity contribution in [3.63, 3.8) is 0 Å². The Morgan fingerprint density at radius 2 is 1.82 bits per heavy atom. The van der Waals surface area contributed by atoms with Gasteiger partial charge in [0.2, 0.25) is 0 Å². The highest BCUT2D eigenvalue weighted by Crippen LogP contribution is 2.44. The fraction of sp³-hybridized carbons (Fsp3) is 0.118. The maximum Gasteiger partial charge on any atom is 0.483 e. The van der Waals surface area contributed by atoms with Crippen molar-refractivity contribution >= 4 is 31.8 Å². The van der Waals surface area contributed by atoms with E-state index in [1.165, 1.54) is 0 Å². The highest BCUT2D eigenvalue weighted by molar-refractivity contribution is 7.28. The number of rotatable bonds is 2. The number of hydrogen-bond acceptors (Lipinski definition) is 3. The molecular formula is C17H9F6N2O2P. The lowest BCUT2D eigenvalue weighted by atomic mass is 10.0. The standard InChI is InChI=1S/C17H9F6N2O2P/c1-2-3-25-8-4-6(7(18)5-9(8)27-17(22,23)16(25)26)10-11(19)13(21)14(24)15(28)12(10)20/h1,4-5H,3,24,28H2. The summed E-state index contributed by atoms with van der Waals surface area (Å²) in [7, 11) is 1.75. The number of hydrogen-bond donors (Lipinski definition) is 1. The summed E-state index contributed by atoms with van der Waals surface area (Å²) in [6, 6.07) is 1.06. The first-order chi connectivity index (χ1) is 13.0. The third kappa shape index (κ3) is 2.83. The van der Waals surface area contributed by atoms with Gasteiger partial charge in [0, 0.05) is 16.9 Å². The average molecular weight is 418 g/mol. The van der Waals surface area contributed by atoms with Crippen molar-refractivity contribution in [2.45, 2.75) is 6.11 Å². The number of amides is 1. The van der Waals surface area contributed by atoms with Crippen LogP contribution in [0.15, 0.2) is 12.1 Å². The molecule has 0 radical (unpaired) electrons. The maximum absolute atomic E-state index is 14.5. The highest BCUT2D eigenvalue weighted by Gasteiger charge is 2.50. The number of carbonyl (C=O) groups excluding carboxylic acids is 1. The van der Waals surface area contributed by atoms with Gasteiger partial charge in [0.25, 0.3) is 0 Å². The first-order valence-corrected chi connectivity index (χ1v) is 7.96. The summed E-state index contributed by atoms with van der Waals surface area (Å²) < 4.78 is 88.8. The van der Waals surface area contributed by atoms with Crippen molar-refractivity contribution in [1.29, 1.82) is 0 Å². The van der Waals surface area contributed by atoms with Gasteiger partial charge in [-0.2, -0.15) is 8.78 Å². The zero-order valence-corrected chi connectivity index (χ0v) is 14.8. The molecule has 3 rings (SSSR count). The van der Waals surface area contributed by atoms with Gasteiger partial charge in [0.1, 0.15) is 11.6 Å². The van der Waals surface area contributed by atoms with Crippen molar-refractivity contribution < 1.29 is 35.9 Å². The van der Waals surface area contributed by atoms with E-state index in [0.717, 1.165) is 0 Å². The lowest BCUT2D eigenvalue weighted by Gasteiger charge is -2.32. The molecule has 0 saturated heterocycles. The summed E-state index contributed by atoms with van der Waals surface area (Å²) in [5, 5.41) is -0.564. The molecule has 2 N–H and O–H groups in total. The number of carbonyl (C=O) groups is 1. The minimum absolute atomic E-state index is 0.382. The molecule has 1 aliphatic rings. The summed E-state index contributed by atoms with van der Waals surface area (Å²) in [5.41, 5.74) is 1.95. The predicted molar refractivity (Wildman–Crippen MR) is 92.2 cm³/mol. The Kier molecular flexibility index (Phi) is 4.68. The Labute approximate surface area is 156 Å². The molecular weight excluding hydrogens is 409 g/mol. The molecule has 4 nitrogen and oxygen atoms in total. The number of benzene rings is 2. The van der Waals surface area contributed by atoms with Gasteiger partial charge in [0.15, 0.2) is 17.4 Å². The molecule has 0 aliphatic carbocycles. The quantitative estimate of drug-likeness (QED) is 0.268. The third-order valence-corrected chi connectivity index (χ3v) is 4.55. The second-order valence-corrected chi connectivity index (χ2v) is 6.24. The third-order valence-electron chi connectivity index (χ3n) is 3.99. The molecule has 0 saturated carbocycles. The molecule has 1 amide bonds. The van der Waals surface area contributed by atoms with Crippen LogP contribution in [0.2, 0.25) is 0 Å². The molecule has 2 aromatic carbocycles. The van der Waals surface area contributed by atoms with E-state index < -0.39 is 75.4 Å². The minimum Gasteiger partial charge on any atom is -0.423 e. The molecule has 146 valence electrons. The fourth-order valence-electron chi connectivity index (χ4n) is 2.66. The van der Waals surface area contributed by atoms with Gasteiger partial charge >= 0.3 is 12.0 Å². The normalized spacial score (nSPS) is 15.1. The van der Waals surface area contributed by atoms with Crippen molar-refractivity contribution in [1.82, 2.24) is 0 Å². The summed E-state index contributed by atoms with van der Waals surface area (Å²) in [5.74, 6) is -6.90. The molecule has 11 heteroatoms. The fourth-order valence-corrected chi connectivity index (χ4v) is 2.93. The van der Waals surface area contributed by atoms with E-state index in [0.29, 0.717) is 17.0 Å². The van der Waals surface area contributed by atoms with Crippen LogP contribution >= 0.6 is 9.24 Å². The van der Waals surface area contributed by atoms with Gasteiger partial charge in [0.05, 0.1) is 23.5 Å². The summed E-state index contributed by atoms with van der Waals surface area (Å²) in [4.78, 5) is 12.2. The van der Waals surface area contributed by atoms with E-state index in [-0.39, 0.29) is 0 Å². The number of halogens is 6. The zero-order chi connectivity index (χ0) is 21.0. The molecule has 2 aromatic rings. The number of nitrogens with zero attached hydrogens (tertiary/aromatic N) is 1. The van der Waals surface area contributed by atoms with Crippen LogP contribution in [0.3, 0.4) is 0 Å². The monoisotopic (exact) mass is 418 g/mol. The summed E-state index contributed by atoms with van der Waals surface area (Å²) in [6.07, 6.45) is 0.736. The number of alkyl halides is 2. The van der Waals surface area contributed by atoms with E-state index in [1.54, 1.807) is 9.24 Å². The van der Waals surface area contributed by atoms with Crippen molar-refractivity contribution in [2.24, 2.45) is 0 Å². The molecule has 28 heavy (non-hydrogen) atoms. The molecule has 1 heterocycles. The Bertz CT molecular complexity index is 1040. The van der Waals surface area contributed by atoms with Crippen LogP contribution in [0, 0.1) is 35.6 Å². The zero-order valence-electron chi connectivity index (χ0n) is 13.6. The number of anilines is 2. The van der Waals surface area contributed by atoms with E-state index in [9.17, 15) is 31.1 Å². The number of nitrogen functional groups attached to an aromatic ring is 1. The Balaban J connectivity index is 2.32. The summed E-state index contributed by atoms with van der Waals surface area (Å²) >= 11 is 0. The van der Waals surface area contributed by atoms with E-state index in [4.69, 9.17) is 12.2 Å². The second kappa shape index (κ2) is 6.60. The van der Waals surface area contributed by atoms with Gasteiger partial charge in [-0.3, -0.25) is 9.69 Å². The second-order valence-electron chi connectivity index (χ2n) is 5.66. The van der Waals surface area contributed by atoms with Gasteiger partial charge < -0.3 is 10.5 Å².